The third kappa shape index (κ3) is 4.72. The molecular formula is C24H29BN2O5. The van der Waals surface area contributed by atoms with E-state index in [-0.39, 0.29) is 12.7 Å². The fourth-order valence-corrected chi connectivity index (χ4v) is 3.43. The molecule has 3 heterocycles. The summed E-state index contributed by atoms with van der Waals surface area (Å²) in [6, 6.07) is 9.71. The Hall–Kier alpha value is -2.68. The molecule has 168 valence electrons. The number of benzene rings is 1. The predicted octanol–water partition coefficient (Wildman–Crippen LogP) is 3.27. The van der Waals surface area contributed by atoms with Crippen molar-refractivity contribution in [2.75, 3.05) is 6.61 Å². The van der Waals surface area contributed by atoms with E-state index in [0.717, 1.165) is 16.4 Å². The molecule has 4 rings (SSSR count). The molecular weight excluding hydrogens is 407 g/mol. The van der Waals surface area contributed by atoms with Gasteiger partial charge < -0.3 is 23.9 Å². The largest absolute Gasteiger partial charge is 0.494 e. The minimum absolute atomic E-state index is 0.0765. The van der Waals surface area contributed by atoms with Gasteiger partial charge in [0.2, 0.25) is 0 Å². The van der Waals surface area contributed by atoms with Gasteiger partial charge in [0.25, 0.3) is 0 Å². The summed E-state index contributed by atoms with van der Waals surface area (Å²) in [7, 11) is -0.426. The Balaban J connectivity index is 1.44. The zero-order chi connectivity index (χ0) is 22.9. The number of pyridine rings is 2. The maximum atomic E-state index is 9.22. The second-order valence-electron chi connectivity index (χ2n) is 9.14. The highest BCUT2D eigenvalue weighted by Crippen LogP contribution is 2.36. The first-order valence-corrected chi connectivity index (χ1v) is 10.8. The maximum Gasteiger partial charge on any atom is 0.494 e. The molecule has 8 heteroatoms. The van der Waals surface area contributed by atoms with Crippen LogP contribution in [0.15, 0.2) is 48.9 Å². The summed E-state index contributed by atoms with van der Waals surface area (Å²) in [5, 5.41) is 10.2. The summed E-state index contributed by atoms with van der Waals surface area (Å²) >= 11 is 0. The number of nitrogens with zero attached hydrogens (tertiary/aromatic N) is 2. The van der Waals surface area contributed by atoms with Gasteiger partial charge in [-0.1, -0.05) is 12.1 Å². The lowest BCUT2D eigenvalue weighted by Gasteiger charge is -2.32. The third-order valence-corrected chi connectivity index (χ3v) is 5.98. The zero-order valence-electron chi connectivity index (χ0n) is 19.2. The first-order chi connectivity index (χ1) is 15.2. The molecule has 32 heavy (non-hydrogen) atoms. The number of ether oxygens (including phenoxy) is 2. The quantitative estimate of drug-likeness (QED) is 0.570. The van der Waals surface area contributed by atoms with Crippen LogP contribution in [-0.4, -0.2) is 46.1 Å². The molecule has 1 aromatic carbocycles. The van der Waals surface area contributed by atoms with Gasteiger partial charge in [-0.25, -0.2) is 0 Å². The normalized spacial score (nSPS) is 18.0. The second kappa shape index (κ2) is 8.69. The molecule has 3 aromatic rings. The maximum absolute atomic E-state index is 9.22. The summed E-state index contributed by atoms with van der Waals surface area (Å²) < 4.78 is 24.1. The van der Waals surface area contributed by atoms with E-state index in [9.17, 15) is 5.11 Å². The van der Waals surface area contributed by atoms with Gasteiger partial charge in [0.1, 0.15) is 24.2 Å². The van der Waals surface area contributed by atoms with Gasteiger partial charge in [-0.3, -0.25) is 9.97 Å². The van der Waals surface area contributed by atoms with Crippen molar-refractivity contribution < 1.29 is 23.9 Å². The van der Waals surface area contributed by atoms with Crippen molar-refractivity contribution in [3.8, 4) is 11.5 Å². The van der Waals surface area contributed by atoms with Crippen LogP contribution in [-0.2, 0) is 15.9 Å². The minimum atomic E-state index is -0.426. The molecule has 0 bridgehead atoms. The first-order valence-electron chi connectivity index (χ1n) is 10.8. The van der Waals surface area contributed by atoms with Gasteiger partial charge in [0.05, 0.1) is 35.7 Å². The van der Waals surface area contributed by atoms with Crippen molar-refractivity contribution in [3.05, 3.63) is 54.5 Å². The van der Waals surface area contributed by atoms with Crippen molar-refractivity contribution >= 4 is 23.5 Å². The van der Waals surface area contributed by atoms with Gasteiger partial charge in [0, 0.05) is 11.6 Å². The Labute approximate surface area is 188 Å². The van der Waals surface area contributed by atoms with Gasteiger partial charge in [-0.2, -0.15) is 0 Å². The number of fused-ring (bicyclic) bond motifs is 1. The van der Waals surface area contributed by atoms with Gasteiger partial charge in [0.15, 0.2) is 0 Å². The van der Waals surface area contributed by atoms with Gasteiger partial charge >= 0.3 is 7.12 Å². The standard InChI is InChI=1S/C24H29BN2O5/c1-16(15-29-20-8-17(14-28)11-26-12-20)30-21-10-18-9-19(6-7-22(18)27-13-21)25-31-23(2,3)24(4,5)32-25/h6-13,16,28H,14-15H2,1-5H3. The van der Waals surface area contributed by atoms with Crippen LogP contribution in [0.2, 0.25) is 0 Å². The monoisotopic (exact) mass is 436 g/mol. The highest BCUT2D eigenvalue weighted by atomic mass is 16.7. The topological polar surface area (TPSA) is 82.9 Å². The van der Waals surface area contributed by atoms with Crippen molar-refractivity contribution in [1.82, 2.24) is 9.97 Å². The number of hydrogen-bond donors (Lipinski definition) is 1. The molecule has 0 aliphatic carbocycles. The first kappa shape index (κ1) is 22.5. The molecule has 1 aliphatic heterocycles. The van der Waals surface area contributed by atoms with Crippen LogP contribution in [0.25, 0.3) is 10.9 Å². The van der Waals surface area contributed by atoms with E-state index in [0.29, 0.717) is 23.7 Å². The lowest BCUT2D eigenvalue weighted by Crippen LogP contribution is -2.41. The van der Waals surface area contributed by atoms with Crippen molar-refractivity contribution in [3.63, 3.8) is 0 Å². The van der Waals surface area contributed by atoms with E-state index in [1.54, 1.807) is 24.7 Å². The van der Waals surface area contributed by atoms with E-state index >= 15 is 0 Å². The van der Waals surface area contributed by atoms with Crippen LogP contribution < -0.4 is 14.9 Å². The molecule has 0 saturated carbocycles. The molecule has 1 aliphatic rings. The molecule has 1 atom stereocenters. The van der Waals surface area contributed by atoms with E-state index in [1.807, 2.05) is 58.9 Å². The fourth-order valence-electron chi connectivity index (χ4n) is 3.43. The van der Waals surface area contributed by atoms with E-state index < -0.39 is 18.3 Å². The molecule has 1 unspecified atom stereocenters. The van der Waals surface area contributed by atoms with Gasteiger partial charge in [-0.15, -0.1) is 0 Å². The van der Waals surface area contributed by atoms with E-state index in [1.165, 1.54) is 0 Å². The average molecular weight is 436 g/mol. The number of hydrogen-bond acceptors (Lipinski definition) is 7. The molecule has 2 aromatic heterocycles. The zero-order valence-corrected chi connectivity index (χ0v) is 19.2. The van der Waals surface area contributed by atoms with Crippen LogP contribution >= 0.6 is 0 Å². The Bertz CT molecular complexity index is 1090. The Kier molecular flexibility index (Phi) is 6.12. The highest BCUT2D eigenvalue weighted by Gasteiger charge is 2.51. The van der Waals surface area contributed by atoms with Crippen LogP contribution in [0.4, 0.5) is 0 Å². The number of aliphatic hydroxyl groups is 1. The summed E-state index contributed by atoms with van der Waals surface area (Å²) in [5.74, 6) is 1.25. The lowest BCUT2D eigenvalue weighted by atomic mass is 9.78. The van der Waals surface area contributed by atoms with Gasteiger partial charge in [-0.05, 0) is 63.8 Å². The summed E-state index contributed by atoms with van der Waals surface area (Å²) in [6.07, 6.45) is 4.71. The molecule has 1 N–H and O–H groups in total. The summed E-state index contributed by atoms with van der Waals surface area (Å²) in [5.41, 5.74) is 1.73. The number of aromatic nitrogens is 2. The summed E-state index contributed by atoms with van der Waals surface area (Å²) in [4.78, 5) is 8.57. The molecule has 0 amide bonds. The second-order valence-corrected chi connectivity index (χ2v) is 9.14. The minimum Gasteiger partial charge on any atom is -0.488 e. The third-order valence-electron chi connectivity index (χ3n) is 5.98. The van der Waals surface area contributed by atoms with Crippen molar-refractivity contribution in [2.24, 2.45) is 0 Å². The SMILES string of the molecule is CC(COc1cncc(CO)c1)Oc1cnc2ccc(B3OC(C)(C)C(C)(C)O3)cc2c1. The Morgan fingerprint density at radius 1 is 1.00 bits per heavy atom. The molecule has 1 saturated heterocycles. The van der Waals surface area contributed by atoms with Crippen LogP contribution in [0, 0.1) is 0 Å². The predicted molar refractivity (Wildman–Crippen MR) is 123 cm³/mol. The van der Waals surface area contributed by atoms with Crippen molar-refractivity contribution in [2.45, 2.75) is 58.5 Å². The smallest absolute Gasteiger partial charge is 0.488 e. The number of aliphatic hydroxyl groups excluding tert-OH is 1. The molecule has 0 spiro atoms. The van der Waals surface area contributed by atoms with Crippen LogP contribution in [0.3, 0.4) is 0 Å². The molecule has 0 radical (unpaired) electrons. The molecule has 1 fully saturated rings. The highest BCUT2D eigenvalue weighted by molar-refractivity contribution is 6.62. The summed E-state index contributed by atoms with van der Waals surface area (Å²) in [6.45, 7) is 10.4. The average Bonchev–Trinajstić information content (AvgIpc) is 2.99. The Morgan fingerprint density at radius 3 is 2.47 bits per heavy atom. The van der Waals surface area contributed by atoms with Crippen LogP contribution in [0.5, 0.6) is 11.5 Å². The Morgan fingerprint density at radius 2 is 1.75 bits per heavy atom. The van der Waals surface area contributed by atoms with Crippen LogP contribution in [0.1, 0.15) is 40.2 Å². The van der Waals surface area contributed by atoms with Crippen molar-refractivity contribution in [1.29, 1.82) is 0 Å². The van der Waals surface area contributed by atoms with E-state index in [2.05, 4.69) is 9.97 Å². The lowest BCUT2D eigenvalue weighted by molar-refractivity contribution is 0.00578. The van der Waals surface area contributed by atoms with E-state index in [4.69, 9.17) is 18.8 Å². The molecule has 7 nitrogen and oxygen atoms in total. The fraction of sp³-hybridized carbons (Fsp3) is 0.417. The number of rotatable bonds is 7.